The summed E-state index contributed by atoms with van der Waals surface area (Å²) in [5.74, 6) is -4.17. The summed E-state index contributed by atoms with van der Waals surface area (Å²) in [6, 6.07) is -2.47. The second-order valence-corrected chi connectivity index (χ2v) is 12.3. The van der Waals surface area contributed by atoms with Crippen LogP contribution in [0.5, 0.6) is 0 Å². The smallest absolute Gasteiger partial charge is 0.300 e. The van der Waals surface area contributed by atoms with Crippen LogP contribution < -0.4 is 28.3 Å². The maximum Gasteiger partial charge on any atom is 0.300 e. The molecule has 3 aliphatic rings. The molecule has 0 aromatic carbocycles. The molecule has 0 radical (unpaired) electrons. The number of aliphatic carboxylic acids is 5. The number of carboxylic acid groups (broad SMARTS) is 5. The summed E-state index contributed by atoms with van der Waals surface area (Å²) in [5.41, 5.74) is 23.3. The minimum atomic E-state index is -1.29. The number of ether oxygens (including phenoxy) is 4. The predicted octanol–water partition coefficient (Wildman–Crippen LogP) is -3.13. The quantitative estimate of drug-likeness (QED) is 0.127. The normalized spacial score (nSPS) is 34.0. The van der Waals surface area contributed by atoms with E-state index in [0.717, 1.165) is 41.0 Å². The average Bonchev–Trinajstić information content (AvgIpc) is 2.93. The van der Waals surface area contributed by atoms with Gasteiger partial charge in [-0.1, -0.05) is 0 Å². The maximum atomic E-state index is 11.1. The summed E-state index contributed by atoms with van der Waals surface area (Å²) in [7, 11) is 1.62. The topological polar surface area (TPSA) is 400 Å². The molecule has 52 heavy (non-hydrogen) atoms. The standard InChI is InChI=1S/C20H41N5O7.5C2H4O2/c1-8(21)12-5-4-9(22)18(30-12)31-15-10(23)6-11(24)16(13(15)26)32-19-14(27)17(25-3)20(2,28)7-29-19;5*1-2(3)4/h8-19,25-28H,4-7,21-24H2,1-3H3;5*1H3,(H,3,4)/t8?,9-,10+,11-,12+,13+,14-,15-,16+,17-,18-,19-,20+;;;;;/m1...../s1. The van der Waals surface area contributed by atoms with Crippen molar-refractivity contribution in [3.8, 4) is 0 Å². The molecule has 0 bridgehead atoms. The highest BCUT2D eigenvalue weighted by Gasteiger charge is 2.51. The van der Waals surface area contributed by atoms with Crippen molar-refractivity contribution >= 4 is 29.8 Å². The third-order valence-corrected chi connectivity index (χ3v) is 6.81. The van der Waals surface area contributed by atoms with Gasteiger partial charge in [-0.15, -0.1) is 0 Å². The van der Waals surface area contributed by atoms with Crippen molar-refractivity contribution in [2.45, 2.75) is 147 Å². The average molecular weight is 764 g/mol. The number of nitrogens with two attached hydrogens (primary N) is 4. The fourth-order valence-corrected chi connectivity index (χ4v) is 4.87. The Morgan fingerprint density at radius 3 is 1.44 bits per heavy atom. The Morgan fingerprint density at radius 1 is 0.731 bits per heavy atom. The van der Waals surface area contributed by atoms with Crippen LogP contribution in [-0.4, -0.2) is 163 Å². The third-order valence-electron chi connectivity index (χ3n) is 6.81. The van der Waals surface area contributed by atoms with E-state index in [1.54, 1.807) is 14.0 Å². The zero-order valence-corrected chi connectivity index (χ0v) is 30.8. The molecular weight excluding hydrogens is 702 g/mol. The van der Waals surface area contributed by atoms with Gasteiger partial charge in [-0.2, -0.15) is 0 Å². The van der Waals surface area contributed by atoms with Crippen LogP contribution >= 0.6 is 0 Å². The lowest BCUT2D eigenvalue weighted by Crippen LogP contribution is -2.68. The fourth-order valence-electron chi connectivity index (χ4n) is 4.87. The molecule has 0 aromatic rings. The number of hydrogen-bond donors (Lipinski definition) is 13. The molecule has 1 unspecified atom stereocenters. The monoisotopic (exact) mass is 763 g/mol. The Balaban J connectivity index is -0.000000986. The van der Waals surface area contributed by atoms with Gasteiger partial charge in [0.25, 0.3) is 29.8 Å². The summed E-state index contributed by atoms with van der Waals surface area (Å²) < 4.78 is 23.4. The van der Waals surface area contributed by atoms with Crippen LogP contribution in [0.4, 0.5) is 0 Å². The maximum absolute atomic E-state index is 11.1. The Hall–Kier alpha value is -3.13. The van der Waals surface area contributed by atoms with Crippen LogP contribution in [0.2, 0.25) is 0 Å². The van der Waals surface area contributed by atoms with Gasteiger partial charge in [-0.25, -0.2) is 0 Å². The second-order valence-electron chi connectivity index (χ2n) is 12.3. The van der Waals surface area contributed by atoms with E-state index < -0.39 is 90.6 Å². The van der Waals surface area contributed by atoms with Crippen molar-refractivity contribution in [2.75, 3.05) is 13.7 Å². The number of carboxylic acids is 5. The molecule has 22 heteroatoms. The Kier molecular flexibility index (Phi) is 27.2. The minimum Gasteiger partial charge on any atom is -0.481 e. The molecule has 3 fully saturated rings. The highest BCUT2D eigenvalue weighted by Crippen LogP contribution is 2.31. The lowest BCUT2D eigenvalue weighted by Gasteiger charge is -2.48. The highest BCUT2D eigenvalue weighted by molar-refractivity contribution is 5.63. The van der Waals surface area contributed by atoms with Crippen LogP contribution in [0.3, 0.4) is 0 Å². The Morgan fingerprint density at radius 2 is 1.10 bits per heavy atom. The SMILES string of the molecule is CC(=O)O.CC(=O)O.CC(=O)O.CC(=O)O.CC(=O)O.CN[C@@H]1[C@@H](O)[C@@H](O[C@@H]2[C@@H](O)[C@H](O[C@H]3O[C@H](C(C)N)CC[C@H]3N)[C@@H](N)C[C@H]2N)OC[C@]1(C)O. The number of carbonyl (C=O) groups is 5. The van der Waals surface area contributed by atoms with E-state index in [2.05, 4.69) is 5.32 Å². The van der Waals surface area contributed by atoms with Crippen molar-refractivity contribution in [1.29, 1.82) is 0 Å². The zero-order chi connectivity index (χ0) is 41.7. The van der Waals surface area contributed by atoms with E-state index in [4.69, 9.17) is 91.4 Å². The molecule has 2 heterocycles. The van der Waals surface area contributed by atoms with Crippen molar-refractivity contribution in [2.24, 2.45) is 22.9 Å². The largest absolute Gasteiger partial charge is 0.481 e. The van der Waals surface area contributed by atoms with E-state index in [1.807, 2.05) is 6.92 Å². The first kappa shape index (κ1) is 53.2. The number of rotatable bonds is 6. The van der Waals surface area contributed by atoms with Gasteiger partial charge in [-0.05, 0) is 40.2 Å². The predicted molar refractivity (Wildman–Crippen MR) is 182 cm³/mol. The van der Waals surface area contributed by atoms with Crippen LogP contribution in [0.15, 0.2) is 0 Å². The number of likely N-dealkylation sites (N-methyl/N-ethyl adjacent to an activating group) is 1. The van der Waals surface area contributed by atoms with Crippen molar-refractivity contribution in [1.82, 2.24) is 5.32 Å². The van der Waals surface area contributed by atoms with Gasteiger partial charge in [0.05, 0.1) is 24.8 Å². The van der Waals surface area contributed by atoms with E-state index in [0.29, 0.717) is 12.8 Å². The number of nitrogens with one attached hydrogen (secondary N) is 1. The molecule has 22 nitrogen and oxygen atoms in total. The van der Waals surface area contributed by atoms with Gasteiger partial charge in [-0.3, -0.25) is 24.0 Å². The third kappa shape index (κ3) is 24.2. The first-order chi connectivity index (χ1) is 23.6. The summed E-state index contributed by atoms with van der Waals surface area (Å²) in [6.07, 6.45) is -4.58. The Bertz CT molecular complexity index is 980. The van der Waals surface area contributed by atoms with Gasteiger partial charge in [0.15, 0.2) is 12.6 Å². The van der Waals surface area contributed by atoms with Crippen molar-refractivity contribution < 1.29 is 83.8 Å². The number of hydrogen-bond acceptors (Lipinski definition) is 17. The van der Waals surface area contributed by atoms with Gasteiger partial charge in [0.1, 0.15) is 30.0 Å². The minimum absolute atomic E-state index is 0.0683. The number of aliphatic hydroxyl groups excluding tert-OH is 2. The summed E-state index contributed by atoms with van der Waals surface area (Å²) in [4.78, 5) is 45.0. The fraction of sp³-hybridized carbons (Fsp3) is 0.833. The lowest BCUT2D eigenvalue weighted by atomic mass is 9.84. The van der Waals surface area contributed by atoms with E-state index in [-0.39, 0.29) is 24.8 Å². The van der Waals surface area contributed by atoms with Crippen molar-refractivity contribution in [3.05, 3.63) is 0 Å². The van der Waals surface area contributed by atoms with Gasteiger partial charge < -0.3 is 88.1 Å². The molecule has 0 aromatic heterocycles. The summed E-state index contributed by atoms with van der Waals surface area (Å²) in [5, 5.41) is 72.1. The highest BCUT2D eigenvalue weighted by atomic mass is 16.7. The molecule has 1 aliphatic carbocycles. The molecular formula is C30H61N5O17. The zero-order valence-electron chi connectivity index (χ0n) is 30.8. The first-order valence-corrected chi connectivity index (χ1v) is 16.0. The van der Waals surface area contributed by atoms with E-state index in [9.17, 15) is 15.3 Å². The molecule has 0 spiro atoms. The molecule has 308 valence electrons. The molecule has 2 saturated heterocycles. The van der Waals surface area contributed by atoms with Crippen molar-refractivity contribution in [3.63, 3.8) is 0 Å². The van der Waals surface area contributed by atoms with Crippen LogP contribution in [0, 0.1) is 0 Å². The molecule has 0 amide bonds. The summed E-state index contributed by atoms with van der Waals surface area (Å²) in [6.45, 7) is 8.76. The van der Waals surface area contributed by atoms with Crippen LogP contribution in [0.1, 0.15) is 67.7 Å². The molecule has 3 rings (SSSR count). The van der Waals surface area contributed by atoms with Gasteiger partial charge in [0, 0.05) is 52.7 Å². The summed E-state index contributed by atoms with van der Waals surface area (Å²) >= 11 is 0. The molecule has 2 aliphatic heterocycles. The lowest BCUT2D eigenvalue weighted by molar-refractivity contribution is -0.307. The molecule has 17 N–H and O–H groups in total. The van der Waals surface area contributed by atoms with E-state index >= 15 is 0 Å². The molecule has 1 saturated carbocycles. The van der Waals surface area contributed by atoms with Crippen LogP contribution in [0.25, 0.3) is 0 Å². The van der Waals surface area contributed by atoms with Gasteiger partial charge in [0.2, 0.25) is 0 Å². The number of aliphatic hydroxyl groups is 3. The Labute approximate surface area is 302 Å². The van der Waals surface area contributed by atoms with E-state index in [1.165, 1.54) is 0 Å². The molecule has 13 atom stereocenters. The first-order valence-electron chi connectivity index (χ1n) is 16.0. The van der Waals surface area contributed by atoms with Gasteiger partial charge >= 0.3 is 0 Å². The van der Waals surface area contributed by atoms with Crippen LogP contribution in [-0.2, 0) is 42.9 Å². The second kappa shape index (κ2) is 26.6.